The number of fused-ring (bicyclic) bond motifs is 1. The maximum absolute atomic E-state index is 13.4. The molecule has 8 nitrogen and oxygen atoms in total. The molecule has 1 aromatic heterocycles. The second-order valence-electron chi connectivity index (χ2n) is 8.02. The molecule has 0 unspecified atom stereocenters. The van der Waals surface area contributed by atoms with Gasteiger partial charge in [-0.05, 0) is 38.0 Å². The molecule has 1 aromatic carbocycles. The standard InChI is InChI=1S/C23H21F2N3O5S/c1-12(20(30)27-23-26-18(11-34-23)13-6-7-16(24)17(25)10-13)33-19(29)8-9-28-21(31)14-4-2-3-5-15(14)22(28)32/h2-3,6-7,10-12,14-15H,4-5,8-9H2,1H3,(H,26,27,30)/t12-,14-,15+/m0/s1. The number of carbonyl (C=O) groups is 4. The van der Waals surface area contributed by atoms with E-state index in [2.05, 4.69) is 10.3 Å². The lowest BCUT2D eigenvalue weighted by Gasteiger charge is -2.16. The Morgan fingerprint density at radius 1 is 1.18 bits per heavy atom. The Labute approximate surface area is 197 Å². The molecule has 2 aliphatic rings. The number of thiazole rings is 1. The van der Waals surface area contributed by atoms with Gasteiger partial charge in [0, 0.05) is 17.5 Å². The van der Waals surface area contributed by atoms with Crippen LogP contribution < -0.4 is 5.32 Å². The first-order valence-corrected chi connectivity index (χ1v) is 11.5. The van der Waals surface area contributed by atoms with Crippen LogP contribution in [-0.4, -0.2) is 46.2 Å². The number of rotatable bonds is 7. The second-order valence-corrected chi connectivity index (χ2v) is 8.88. The van der Waals surface area contributed by atoms with Gasteiger partial charge in [-0.25, -0.2) is 13.8 Å². The molecule has 0 bridgehead atoms. The van der Waals surface area contributed by atoms with Crippen LogP contribution >= 0.6 is 11.3 Å². The van der Waals surface area contributed by atoms with E-state index in [0.29, 0.717) is 24.1 Å². The highest BCUT2D eigenvalue weighted by molar-refractivity contribution is 7.14. The Balaban J connectivity index is 1.27. The predicted molar refractivity (Wildman–Crippen MR) is 118 cm³/mol. The van der Waals surface area contributed by atoms with Crippen LogP contribution in [0, 0.1) is 23.5 Å². The fourth-order valence-electron chi connectivity index (χ4n) is 3.93. The van der Waals surface area contributed by atoms with E-state index in [-0.39, 0.29) is 41.7 Å². The molecular weight excluding hydrogens is 468 g/mol. The molecule has 1 aliphatic heterocycles. The number of aromatic nitrogens is 1. The van der Waals surface area contributed by atoms with Gasteiger partial charge in [-0.15, -0.1) is 11.3 Å². The number of hydrogen-bond acceptors (Lipinski definition) is 7. The van der Waals surface area contributed by atoms with Crippen LogP contribution in [-0.2, 0) is 23.9 Å². The summed E-state index contributed by atoms with van der Waals surface area (Å²) >= 11 is 1.07. The number of allylic oxidation sites excluding steroid dienone is 2. The topological polar surface area (TPSA) is 106 Å². The van der Waals surface area contributed by atoms with E-state index in [0.717, 1.165) is 28.4 Å². The van der Waals surface area contributed by atoms with Gasteiger partial charge in [0.15, 0.2) is 22.9 Å². The Hall–Kier alpha value is -3.47. The zero-order valence-corrected chi connectivity index (χ0v) is 18.9. The smallest absolute Gasteiger partial charge is 0.308 e. The van der Waals surface area contributed by atoms with Crippen LogP contribution in [0.15, 0.2) is 35.7 Å². The number of imide groups is 1. The zero-order chi connectivity index (χ0) is 24.4. The second kappa shape index (κ2) is 9.80. The molecular formula is C23H21F2N3O5S. The van der Waals surface area contributed by atoms with Crippen molar-refractivity contribution in [1.82, 2.24) is 9.88 Å². The molecule has 34 heavy (non-hydrogen) atoms. The summed E-state index contributed by atoms with van der Waals surface area (Å²) in [5, 5.41) is 4.26. The summed E-state index contributed by atoms with van der Waals surface area (Å²) in [7, 11) is 0. The van der Waals surface area contributed by atoms with E-state index in [9.17, 15) is 28.0 Å². The van der Waals surface area contributed by atoms with Crippen molar-refractivity contribution in [2.24, 2.45) is 11.8 Å². The van der Waals surface area contributed by atoms with Crippen molar-refractivity contribution in [1.29, 1.82) is 0 Å². The average Bonchev–Trinajstić information content (AvgIpc) is 3.37. The quantitative estimate of drug-likeness (QED) is 0.364. The van der Waals surface area contributed by atoms with E-state index >= 15 is 0 Å². The summed E-state index contributed by atoms with van der Waals surface area (Å²) < 4.78 is 31.7. The van der Waals surface area contributed by atoms with E-state index in [1.807, 2.05) is 12.2 Å². The summed E-state index contributed by atoms with van der Waals surface area (Å²) in [6.45, 7) is 1.28. The number of nitrogens with zero attached hydrogens (tertiary/aromatic N) is 2. The Kier molecular flexibility index (Phi) is 6.82. The first kappa shape index (κ1) is 23.7. The van der Waals surface area contributed by atoms with Gasteiger partial charge >= 0.3 is 5.97 Å². The highest BCUT2D eigenvalue weighted by Crippen LogP contribution is 2.35. The van der Waals surface area contributed by atoms with Crippen molar-refractivity contribution in [3.05, 3.63) is 47.4 Å². The average molecular weight is 490 g/mol. The van der Waals surface area contributed by atoms with Gasteiger partial charge in [0.05, 0.1) is 24.0 Å². The van der Waals surface area contributed by atoms with Crippen molar-refractivity contribution >= 4 is 40.2 Å². The highest BCUT2D eigenvalue weighted by Gasteiger charge is 2.47. The van der Waals surface area contributed by atoms with Crippen molar-refractivity contribution in [3.8, 4) is 11.3 Å². The van der Waals surface area contributed by atoms with Crippen molar-refractivity contribution in [3.63, 3.8) is 0 Å². The van der Waals surface area contributed by atoms with E-state index in [1.165, 1.54) is 13.0 Å². The first-order valence-electron chi connectivity index (χ1n) is 10.7. The zero-order valence-electron chi connectivity index (χ0n) is 18.1. The van der Waals surface area contributed by atoms with Crippen molar-refractivity contribution in [2.45, 2.75) is 32.3 Å². The highest BCUT2D eigenvalue weighted by atomic mass is 32.1. The molecule has 0 spiro atoms. The minimum Gasteiger partial charge on any atom is -0.452 e. The van der Waals surface area contributed by atoms with Gasteiger partial charge in [0.2, 0.25) is 11.8 Å². The number of amides is 3. The summed E-state index contributed by atoms with van der Waals surface area (Å²) in [4.78, 5) is 54.7. The summed E-state index contributed by atoms with van der Waals surface area (Å²) in [5.41, 5.74) is 0.691. The number of hydrogen-bond donors (Lipinski definition) is 1. The van der Waals surface area contributed by atoms with Crippen molar-refractivity contribution < 1.29 is 32.7 Å². The Morgan fingerprint density at radius 2 is 1.85 bits per heavy atom. The maximum Gasteiger partial charge on any atom is 0.308 e. The fraction of sp³-hybridized carbons (Fsp3) is 0.348. The van der Waals surface area contributed by atoms with Crippen LogP contribution in [0.25, 0.3) is 11.3 Å². The number of carbonyl (C=O) groups excluding carboxylic acids is 4. The Bertz CT molecular complexity index is 1160. The third-order valence-corrected chi connectivity index (χ3v) is 6.52. The molecule has 1 saturated heterocycles. The fourth-order valence-corrected chi connectivity index (χ4v) is 4.65. The van der Waals surface area contributed by atoms with Crippen LogP contribution in [0.2, 0.25) is 0 Å². The molecule has 2 aromatic rings. The van der Waals surface area contributed by atoms with Crippen LogP contribution in [0.5, 0.6) is 0 Å². The molecule has 2 heterocycles. The van der Waals surface area contributed by atoms with Crippen LogP contribution in [0.3, 0.4) is 0 Å². The number of anilines is 1. The molecule has 4 rings (SSSR count). The summed E-state index contributed by atoms with van der Waals surface area (Å²) in [6, 6.07) is 3.35. The minimum absolute atomic E-state index is 0.0953. The van der Waals surface area contributed by atoms with Crippen molar-refractivity contribution in [2.75, 3.05) is 11.9 Å². The molecule has 0 radical (unpaired) electrons. The largest absolute Gasteiger partial charge is 0.452 e. The van der Waals surface area contributed by atoms with E-state index in [1.54, 1.807) is 5.38 Å². The first-order chi connectivity index (χ1) is 16.2. The molecule has 1 aliphatic carbocycles. The van der Waals surface area contributed by atoms with Gasteiger partial charge in [-0.3, -0.25) is 29.4 Å². The van der Waals surface area contributed by atoms with Gasteiger partial charge in [0.1, 0.15) is 0 Å². The molecule has 1 N–H and O–H groups in total. The molecule has 3 amide bonds. The molecule has 3 atom stereocenters. The van der Waals surface area contributed by atoms with Gasteiger partial charge in [0.25, 0.3) is 5.91 Å². The number of esters is 1. The van der Waals surface area contributed by atoms with Crippen LogP contribution in [0.4, 0.5) is 13.9 Å². The number of likely N-dealkylation sites (tertiary alicyclic amines) is 1. The number of benzene rings is 1. The number of ether oxygens (including phenoxy) is 1. The Morgan fingerprint density at radius 3 is 2.50 bits per heavy atom. The minimum atomic E-state index is -1.15. The number of nitrogens with one attached hydrogen (secondary N) is 1. The lowest BCUT2D eigenvalue weighted by atomic mass is 9.85. The van der Waals surface area contributed by atoms with E-state index < -0.39 is 29.6 Å². The normalized spacial score (nSPS) is 20.3. The SMILES string of the molecule is C[C@H](OC(=O)CCN1C(=O)[C@H]2CC=CC[C@H]2C1=O)C(=O)Nc1nc(-c2ccc(F)c(F)c2)cs1. The maximum atomic E-state index is 13.4. The van der Waals surface area contributed by atoms with Gasteiger partial charge < -0.3 is 4.74 Å². The summed E-state index contributed by atoms with van der Waals surface area (Å²) in [5.74, 6) is -4.64. The molecule has 178 valence electrons. The van der Waals surface area contributed by atoms with E-state index in [4.69, 9.17) is 4.74 Å². The van der Waals surface area contributed by atoms with Crippen LogP contribution in [0.1, 0.15) is 26.2 Å². The monoisotopic (exact) mass is 489 g/mol. The predicted octanol–water partition coefficient (Wildman–Crippen LogP) is 3.30. The summed E-state index contributed by atoms with van der Waals surface area (Å²) in [6.07, 6.45) is 3.42. The third-order valence-electron chi connectivity index (χ3n) is 5.77. The van der Waals surface area contributed by atoms with Gasteiger partial charge in [-0.1, -0.05) is 12.2 Å². The third kappa shape index (κ3) is 4.89. The molecule has 1 fully saturated rings. The van der Waals surface area contributed by atoms with Gasteiger partial charge in [-0.2, -0.15) is 0 Å². The lowest BCUT2D eigenvalue weighted by Crippen LogP contribution is -2.35. The molecule has 11 heteroatoms. The molecule has 0 saturated carbocycles. The number of halogens is 2. The lowest BCUT2D eigenvalue weighted by molar-refractivity contribution is -0.154.